The number of allylic oxidation sites excluding steroid dienone is 1. The van der Waals surface area contributed by atoms with E-state index in [4.69, 9.17) is 30.5 Å². The summed E-state index contributed by atoms with van der Waals surface area (Å²) < 4.78 is 24.6. The molecule has 3 aromatic rings. The molecule has 238 valence electrons. The highest BCUT2D eigenvalue weighted by atomic mass is 127. The predicted molar refractivity (Wildman–Crippen MR) is 187 cm³/mol. The first-order valence-corrected chi connectivity index (χ1v) is 16.2. The van der Waals surface area contributed by atoms with E-state index in [0.717, 1.165) is 18.3 Å². The van der Waals surface area contributed by atoms with E-state index in [1.54, 1.807) is 31.3 Å². The van der Waals surface area contributed by atoms with Gasteiger partial charge in [0.2, 0.25) is 0 Å². The number of carbonyl (C=O) groups excluding carboxylic acids is 2. The van der Waals surface area contributed by atoms with E-state index in [1.807, 2.05) is 43.3 Å². The van der Waals surface area contributed by atoms with E-state index < -0.39 is 24.3 Å². The van der Waals surface area contributed by atoms with Gasteiger partial charge in [0.05, 0.1) is 35.1 Å². The molecule has 0 bridgehead atoms. The zero-order chi connectivity index (χ0) is 32.5. The van der Waals surface area contributed by atoms with Crippen LogP contribution in [0, 0.1) is 7.14 Å². The molecule has 2 amide bonds. The standard InChI is InChI=1S/C31H31ClI2N4O7/c1-4-43-25-12-19(28-27(30(40)42-3)17(2)36-31(41)37-28)7-10-24(25)44-16-26(39)38-35-14-20-11-22(33)13-23(34)29(20)45-15-18-5-8-21(32)9-6-18/h5-14,26,28,38-39H,4,15-16H2,1-3H3,(H2,36,37,41)/b35-14+/t26-,28+/m1/s1. The van der Waals surface area contributed by atoms with Crippen molar-refractivity contribution >= 4 is 75.0 Å². The molecule has 0 radical (unpaired) electrons. The number of aliphatic hydroxyl groups excluding tert-OH is 1. The largest absolute Gasteiger partial charge is 0.490 e. The highest BCUT2D eigenvalue weighted by Gasteiger charge is 2.32. The topological polar surface area (TPSA) is 140 Å². The number of amides is 2. The third-order valence-electron chi connectivity index (χ3n) is 6.43. The molecule has 0 spiro atoms. The van der Waals surface area contributed by atoms with Gasteiger partial charge >= 0.3 is 12.0 Å². The van der Waals surface area contributed by atoms with Gasteiger partial charge in [0, 0.05) is 19.9 Å². The van der Waals surface area contributed by atoms with Crippen LogP contribution in [0.3, 0.4) is 0 Å². The Hall–Kier alpha value is -3.28. The van der Waals surface area contributed by atoms with Crippen molar-refractivity contribution in [2.45, 2.75) is 32.7 Å². The van der Waals surface area contributed by atoms with Crippen LogP contribution in [0.4, 0.5) is 4.79 Å². The molecule has 0 aromatic heterocycles. The van der Waals surface area contributed by atoms with E-state index in [9.17, 15) is 14.7 Å². The normalized spacial score (nSPS) is 15.3. The first-order chi connectivity index (χ1) is 21.6. The van der Waals surface area contributed by atoms with Gasteiger partial charge < -0.3 is 34.7 Å². The van der Waals surface area contributed by atoms with Gasteiger partial charge in [-0.2, -0.15) is 5.10 Å². The number of benzene rings is 3. The Balaban J connectivity index is 1.42. The van der Waals surface area contributed by atoms with Crippen LogP contribution in [0.2, 0.25) is 5.02 Å². The Morgan fingerprint density at radius 1 is 1.11 bits per heavy atom. The third-order valence-corrected chi connectivity index (χ3v) is 8.11. The number of hydrogen-bond acceptors (Lipinski definition) is 9. The maximum atomic E-state index is 12.5. The molecule has 3 aromatic carbocycles. The zero-order valence-corrected chi connectivity index (χ0v) is 29.6. The van der Waals surface area contributed by atoms with Crippen LogP contribution in [0.15, 0.2) is 71.0 Å². The van der Waals surface area contributed by atoms with Crippen molar-refractivity contribution in [3.05, 3.63) is 94.7 Å². The Morgan fingerprint density at radius 3 is 2.58 bits per heavy atom. The summed E-state index contributed by atoms with van der Waals surface area (Å²) in [5.74, 6) is 0.819. The Labute approximate surface area is 293 Å². The molecule has 1 aliphatic rings. The molecule has 1 aliphatic heterocycles. The van der Waals surface area contributed by atoms with E-state index in [-0.39, 0.29) is 12.2 Å². The Kier molecular flexibility index (Phi) is 12.6. The minimum absolute atomic E-state index is 0.156. The summed E-state index contributed by atoms with van der Waals surface area (Å²) in [7, 11) is 1.28. The number of carbonyl (C=O) groups is 2. The lowest BCUT2D eigenvalue weighted by Gasteiger charge is -2.28. The number of esters is 1. The molecule has 0 fully saturated rings. The van der Waals surface area contributed by atoms with Gasteiger partial charge in [-0.1, -0.05) is 29.8 Å². The van der Waals surface area contributed by atoms with Crippen LogP contribution in [-0.4, -0.2) is 49.9 Å². The summed E-state index contributed by atoms with van der Waals surface area (Å²) >= 11 is 10.4. The van der Waals surface area contributed by atoms with Crippen LogP contribution in [-0.2, 0) is 16.1 Å². The van der Waals surface area contributed by atoms with Crippen molar-refractivity contribution in [1.82, 2.24) is 16.1 Å². The van der Waals surface area contributed by atoms with Crippen molar-refractivity contribution < 1.29 is 33.6 Å². The molecule has 0 aliphatic carbocycles. The molecule has 1 heterocycles. The second-order valence-electron chi connectivity index (χ2n) is 9.64. The fraction of sp³-hybridized carbons (Fsp3) is 0.258. The van der Waals surface area contributed by atoms with Crippen molar-refractivity contribution in [1.29, 1.82) is 0 Å². The van der Waals surface area contributed by atoms with Gasteiger partial charge in [0.25, 0.3) is 0 Å². The molecule has 4 N–H and O–H groups in total. The smallest absolute Gasteiger partial charge is 0.337 e. The molecule has 4 rings (SSSR count). The van der Waals surface area contributed by atoms with Crippen LogP contribution in [0.25, 0.3) is 0 Å². The predicted octanol–water partition coefficient (Wildman–Crippen LogP) is 5.65. The number of hydrogen-bond donors (Lipinski definition) is 4. The number of hydrazone groups is 1. The lowest BCUT2D eigenvalue weighted by atomic mass is 9.95. The minimum atomic E-state index is -1.16. The number of methoxy groups -OCH3 is 1. The highest BCUT2D eigenvalue weighted by molar-refractivity contribution is 14.1. The second kappa shape index (κ2) is 16.3. The number of ether oxygens (including phenoxy) is 4. The monoisotopic (exact) mass is 860 g/mol. The average Bonchev–Trinajstić information content (AvgIpc) is 3.00. The van der Waals surface area contributed by atoms with Gasteiger partial charge in [-0.3, -0.25) is 5.43 Å². The van der Waals surface area contributed by atoms with Crippen LogP contribution in [0.1, 0.15) is 36.6 Å². The van der Waals surface area contributed by atoms with Crippen LogP contribution >= 0.6 is 56.8 Å². The second-order valence-corrected chi connectivity index (χ2v) is 12.5. The Bertz CT molecular complexity index is 1600. The molecule has 0 unspecified atom stereocenters. The van der Waals surface area contributed by atoms with E-state index in [0.29, 0.717) is 46.7 Å². The summed E-state index contributed by atoms with van der Waals surface area (Å²) in [5.41, 5.74) is 5.62. The van der Waals surface area contributed by atoms with Crippen LogP contribution in [0.5, 0.6) is 17.2 Å². The molecule has 14 heteroatoms. The third kappa shape index (κ3) is 9.37. The Morgan fingerprint density at radius 2 is 1.87 bits per heavy atom. The van der Waals surface area contributed by atoms with Gasteiger partial charge in [-0.15, -0.1) is 0 Å². The van der Waals surface area contributed by atoms with Gasteiger partial charge in [0.1, 0.15) is 19.0 Å². The number of halogens is 3. The van der Waals surface area contributed by atoms with Gasteiger partial charge in [0.15, 0.2) is 17.7 Å². The summed E-state index contributed by atoms with van der Waals surface area (Å²) in [4.78, 5) is 24.6. The number of nitrogens with one attached hydrogen (secondary N) is 3. The quantitative estimate of drug-likeness (QED) is 0.0570. The van der Waals surface area contributed by atoms with Gasteiger partial charge in [-0.05, 0) is 107 Å². The average molecular weight is 861 g/mol. The molecule has 45 heavy (non-hydrogen) atoms. The van der Waals surface area contributed by atoms with Crippen molar-refractivity contribution in [2.24, 2.45) is 5.10 Å². The SMILES string of the molecule is CCOc1cc([C@@H]2NC(=O)NC(C)=C2C(=O)OC)ccc1OC[C@@H](O)N/N=C/c1cc(I)cc(I)c1OCc1ccc(Cl)cc1. The summed E-state index contributed by atoms with van der Waals surface area (Å²) in [6.07, 6.45) is 0.420. The lowest BCUT2D eigenvalue weighted by Crippen LogP contribution is -2.45. The molecular weight excluding hydrogens is 830 g/mol. The van der Waals surface area contributed by atoms with E-state index >= 15 is 0 Å². The zero-order valence-electron chi connectivity index (χ0n) is 24.5. The molecule has 0 saturated carbocycles. The lowest BCUT2D eigenvalue weighted by molar-refractivity contribution is -0.136. The summed E-state index contributed by atoms with van der Waals surface area (Å²) in [5, 5.41) is 20.8. The molecular formula is C31H31ClI2N4O7. The first-order valence-electron chi connectivity index (χ1n) is 13.7. The van der Waals surface area contributed by atoms with E-state index in [1.165, 1.54) is 7.11 Å². The molecule has 11 nitrogen and oxygen atoms in total. The van der Waals surface area contributed by atoms with Crippen molar-refractivity contribution in [2.75, 3.05) is 20.3 Å². The number of urea groups is 1. The molecule has 2 atom stereocenters. The molecule has 0 saturated heterocycles. The number of nitrogens with zero attached hydrogens (tertiary/aromatic N) is 1. The summed E-state index contributed by atoms with van der Waals surface area (Å²) in [6, 6.07) is 15.2. The number of rotatable bonds is 13. The van der Waals surface area contributed by atoms with Gasteiger partial charge in [-0.25, -0.2) is 9.59 Å². The van der Waals surface area contributed by atoms with E-state index in [2.05, 4.69) is 66.3 Å². The van der Waals surface area contributed by atoms with Crippen LogP contribution < -0.4 is 30.3 Å². The highest BCUT2D eigenvalue weighted by Crippen LogP contribution is 2.35. The van der Waals surface area contributed by atoms with Crippen molar-refractivity contribution in [3.8, 4) is 17.2 Å². The maximum Gasteiger partial charge on any atom is 0.337 e. The minimum Gasteiger partial charge on any atom is -0.490 e. The summed E-state index contributed by atoms with van der Waals surface area (Å²) in [6.45, 7) is 3.97. The fourth-order valence-electron chi connectivity index (χ4n) is 4.38. The number of aliphatic hydroxyl groups is 1. The fourth-order valence-corrected chi connectivity index (χ4v) is 6.55. The first kappa shape index (κ1) is 34.6. The maximum absolute atomic E-state index is 12.5. The van der Waals surface area contributed by atoms with Crippen molar-refractivity contribution in [3.63, 3.8) is 0 Å².